The largest absolute Gasteiger partial charge is 0.481 e. The summed E-state index contributed by atoms with van der Waals surface area (Å²) in [6, 6.07) is -0.613. The molecule has 0 saturated heterocycles. The van der Waals surface area contributed by atoms with E-state index < -0.39 is 22.2 Å². The van der Waals surface area contributed by atoms with Crippen LogP contribution in [0.4, 0.5) is 0 Å². The van der Waals surface area contributed by atoms with Crippen LogP contribution in [-0.2, 0) is 15.0 Å². The average molecular weight is 210 g/mol. The van der Waals surface area contributed by atoms with Crippen molar-refractivity contribution in [1.29, 1.82) is 0 Å². The summed E-state index contributed by atoms with van der Waals surface area (Å²) in [5, 5.41) is 13.1. The normalized spacial score (nSPS) is 14.0. The molecule has 0 rings (SSSR count). The van der Waals surface area contributed by atoms with E-state index in [1.807, 2.05) is 6.92 Å². The molecule has 0 saturated carbocycles. The van der Waals surface area contributed by atoms with Crippen molar-refractivity contribution < 1.29 is 18.3 Å². The Morgan fingerprint density at radius 1 is 1.62 bits per heavy atom. The van der Waals surface area contributed by atoms with Gasteiger partial charge in [0.25, 0.3) is 10.2 Å². The second kappa shape index (κ2) is 5.15. The number of carboxylic acid groups (broad SMARTS) is 1. The van der Waals surface area contributed by atoms with Gasteiger partial charge < -0.3 is 5.11 Å². The van der Waals surface area contributed by atoms with Gasteiger partial charge in [0.05, 0.1) is 6.42 Å². The van der Waals surface area contributed by atoms with E-state index in [0.717, 1.165) is 0 Å². The van der Waals surface area contributed by atoms with E-state index in [4.69, 9.17) is 10.2 Å². The molecule has 0 aromatic heterocycles. The lowest BCUT2D eigenvalue weighted by Crippen LogP contribution is -2.40. The Bertz CT molecular complexity index is 262. The van der Waals surface area contributed by atoms with Gasteiger partial charge in [-0.3, -0.25) is 4.79 Å². The summed E-state index contributed by atoms with van der Waals surface area (Å²) in [6.45, 7) is 1.83. The molecule has 0 heterocycles. The summed E-state index contributed by atoms with van der Waals surface area (Å²) in [5.74, 6) is -1.05. The Morgan fingerprint density at radius 3 is 2.46 bits per heavy atom. The predicted molar refractivity (Wildman–Crippen MR) is 47.2 cm³/mol. The lowest BCUT2D eigenvalue weighted by Gasteiger charge is -2.13. The smallest absolute Gasteiger partial charge is 0.304 e. The molecule has 78 valence electrons. The maximum absolute atomic E-state index is 10.6. The quantitative estimate of drug-likeness (QED) is 0.545. The van der Waals surface area contributed by atoms with Crippen molar-refractivity contribution in [1.82, 2.24) is 4.72 Å². The van der Waals surface area contributed by atoms with Crippen LogP contribution in [-0.4, -0.2) is 25.5 Å². The van der Waals surface area contributed by atoms with Gasteiger partial charge in [0.1, 0.15) is 0 Å². The summed E-state index contributed by atoms with van der Waals surface area (Å²) in [7, 11) is -3.80. The van der Waals surface area contributed by atoms with Crippen LogP contribution in [0.25, 0.3) is 0 Å². The fourth-order valence-electron chi connectivity index (χ4n) is 0.994. The maximum atomic E-state index is 10.6. The van der Waals surface area contributed by atoms with Crippen LogP contribution >= 0.6 is 0 Å². The van der Waals surface area contributed by atoms with Gasteiger partial charge in [-0.25, -0.2) is 5.14 Å². The number of carboxylic acids is 1. The molecular formula is C6H14N2O4S. The summed E-state index contributed by atoms with van der Waals surface area (Å²) >= 11 is 0. The molecule has 7 heteroatoms. The number of carbonyl (C=O) groups is 1. The Morgan fingerprint density at radius 2 is 2.15 bits per heavy atom. The number of rotatable bonds is 6. The molecule has 0 aliphatic rings. The minimum absolute atomic E-state index is 0.246. The number of nitrogens with one attached hydrogen (secondary N) is 1. The molecule has 0 amide bonds. The lowest BCUT2D eigenvalue weighted by atomic mass is 10.1. The van der Waals surface area contributed by atoms with Crippen molar-refractivity contribution in [2.45, 2.75) is 32.2 Å². The van der Waals surface area contributed by atoms with Gasteiger partial charge in [-0.15, -0.1) is 0 Å². The van der Waals surface area contributed by atoms with Crippen LogP contribution in [0.5, 0.6) is 0 Å². The zero-order valence-corrected chi connectivity index (χ0v) is 8.17. The van der Waals surface area contributed by atoms with Crippen molar-refractivity contribution in [3.05, 3.63) is 0 Å². The van der Waals surface area contributed by atoms with Crippen LogP contribution < -0.4 is 9.86 Å². The molecule has 0 radical (unpaired) electrons. The first-order valence-electron chi connectivity index (χ1n) is 3.87. The van der Waals surface area contributed by atoms with Gasteiger partial charge in [-0.2, -0.15) is 13.1 Å². The molecule has 4 N–H and O–H groups in total. The van der Waals surface area contributed by atoms with Crippen LogP contribution in [0, 0.1) is 0 Å². The SMILES string of the molecule is CCCC(CC(=O)O)NS(N)(=O)=O. The van der Waals surface area contributed by atoms with Gasteiger partial charge >= 0.3 is 5.97 Å². The highest BCUT2D eigenvalue weighted by Crippen LogP contribution is 2.02. The fraction of sp³-hybridized carbons (Fsp3) is 0.833. The average Bonchev–Trinajstić information content (AvgIpc) is 1.81. The lowest BCUT2D eigenvalue weighted by molar-refractivity contribution is -0.137. The number of nitrogens with two attached hydrogens (primary N) is 1. The van der Waals surface area contributed by atoms with E-state index in [0.29, 0.717) is 12.8 Å². The van der Waals surface area contributed by atoms with Crippen molar-refractivity contribution in [3.63, 3.8) is 0 Å². The van der Waals surface area contributed by atoms with Crippen molar-refractivity contribution in [3.8, 4) is 0 Å². The van der Waals surface area contributed by atoms with Crippen LogP contribution in [0.15, 0.2) is 0 Å². The minimum Gasteiger partial charge on any atom is -0.481 e. The molecule has 0 aliphatic heterocycles. The second-order valence-corrected chi connectivity index (χ2v) is 4.07. The van der Waals surface area contributed by atoms with Crippen molar-refractivity contribution in [2.24, 2.45) is 5.14 Å². The minimum atomic E-state index is -3.80. The Kier molecular flexibility index (Phi) is 4.89. The van der Waals surface area contributed by atoms with Gasteiger partial charge in [0.2, 0.25) is 0 Å². The van der Waals surface area contributed by atoms with Gasteiger partial charge in [0, 0.05) is 6.04 Å². The standard InChI is InChI=1S/C6H14N2O4S/c1-2-3-5(4-6(9)10)8-13(7,11)12/h5,8H,2-4H2,1H3,(H,9,10)(H2,7,11,12). The summed E-state index contributed by atoms with van der Waals surface area (Å²) in [5.41, 5.74) is 0. The molecule has 0 aliphatic carbocycles. The van der Waals surface area contributed by atoms with E-state index in [1.54, 1.807) is 0 Å². The molecule has 6 nitrogen and oxygen atoms in total. The fourth-order valence-corrected chi connectivity index (χ4v) is 1.66. The summed E-state index contributed by atoms with van der Waals surface area (Å²) in [4.78, 5) is 10.3. The van der Waals surface area contributed by atoms with E-state index in [-0.39, 0.29) is 6.42 Å². The van der Waals surface area contributed by atoms with E-state index in [2.05, 4.69) is 4.72 Å². The van der Waals surface area contributed by atoms with Gasteiger partial charge in [0.15, 0.2) is 0 Å². The first kappa shape index (κ1) is 12.3. The van der Waals surface area contributed by atoms with Crippen LogP contribution in [0.3, 0.4) is 0 Å². The highest BCUT2D eigenvalue weighted by molar-refractivity contribution is 7.87. The molecule has 13 heavy (non-hydrogen) atoms. The van der Waals surface area contributed by atoms with Crippen LogP contribution in [0.1, 0.15) is 26.2 Å². The zero-order valence-electron chi connectivity index (χ0n) is 7.36. The van der Waals surface area contributed by atoms with Gasteiger partial charge in [-0.1, -0.05) is 13.3 Å². The second-order valence-electron chi connectivity index (χ2n) is 2.75. The zero-order chi connectivity index (χ0) is 10.5. The topological polar surface area (TPSA) is 109 Å². The Labute approximate surface area is 77.3 Å². The first-order chi connectivity index (χ1) is 5.85. The molecule has 0 fully saturated rings. The highest BCUT2D eigenvalue weighted by atomic mass is 32.2. The number of aliphatic carboxylic acids is 1. The molecule has 0 aromatic rings. The summed E-state index contributed by atoms with van der Waals surface area (Å²) in [6.07, 6.45) is 0.910. The molecule has 1 unspecified atom stereocenters. The Hall–Kier alpha value is -0.660. The molecule has 0 bridgehead atoms. The monoisotopic (exact) mass is 210 g/mol. The molecule has 1 atom stereocenters. The molecular weight excluding hydrogens is 196 g/mol. The van der Waals surface area contributed by atoms with Crippen LogP contribution in [0.2, 0.25) is 0 Å². The summed E-state index contributed by atoms with van der Waals surface area (Å²) < 4.78 is 23.2. The number of hydrogen-bond acceptors (Lipinski definition) is 3. The first-order valence-corrected chi connectivity index (χ1v) is 5.41. The molecule has 0 aromatic carbocycles. The third-order valence-electron chi connectivity index (χ3n) is 1.39. The number of hydrogen-bond donors (Lipinski definition) is 3. The predicted octanol–water partition coefficient (Wildman–Crippen LogP) is -0.577. The van der Waals surface area contributed by atoms with Crippen molar-refractivity contribution in [2.75, 3.05) is 0 Å². The van der Waals surface area contributed by atoms with E-state index in [1.165, 1.54) is 0 Å². The van der Waals surface area contributed by atoms with Crippen molar-refractivity contribution >= 4 is 16.2 Å². The third kappa shape index (κ3) is 7.69. The molecule has 0 spiro atoms. The maximum Gasteiger partial charge on any atom is 0.304 e. The highest BCUT2D eigenvalue weighted by Gasteiger charge is 2.16. The third-order valence-corrected chi connectivity index (χ3v) is 2.05. The van der Waals surface area contributed by atoms with E-state index in [9.17, 15) is 13.2 Å². The van der Waals surface area contributed by atoms with Gasteiger partial charge in [-0.05, 0) is 6.42 Å². The van der Waals surface area contributed by atoms with E-state index >= 15 is 0 Å². The Balaban J connectivity index is 4.17.